The van der Waals surface area contributed by atoms with E-state index >= 15 is 0 Å². The van der Waals surface area contributed by atoms with Crippen LogP contribution in [0.4, 0.5) is 0 Å². The van der Waals surface area contributed by atoms with E-state index in [-0.39, 0.29) is 6.04 Å². The van der Waals surface area contributed by atoms with Crippen molar-refractivity contribution in [3.8, 4) is 0 Å². The third-order valence-electron chi connectivity index (χ3n) is 2.39. The predicted molar refractivity (Wildman–Crippen MR) is 62.9 cm³/mol. The smallest absolute Gasteiger partial charge is 0.166 e. The van der Waals surface area contributed by atoms with Gasteiger partial charge in [0.15, 0.2) is 5.82 Å². The van der Waals surface area contributed by atoms with Crippen molar-refractivity contribution >= 4 is 0 Å². The summed E-state index contributed by atoms with van der Waals surface area (Å²) in [6, 6.07) is 8.25. The van der Waals surface area contributed by atoms with E-state index in [4.69, 9.17) is 5.73 Å². The molecular weight excluding hydrogens is 200 g/mol. The highest BCUT2D eigenvalue weighted by Crippen LogP contribution is 2.07. The average molecular weight is 216 g/mol. The molecule has 0 aliphatic rings. The fourth-order valence-corrected chi connectivity index (χ4v) is 1.59. The van der Waals surface area contributed by atoms with E-state index < -0.39 is 0 Å². The van der Waals surface area contributed by atoms with Crippen LogP contribution >= 0.6 is 0 Å². The Hall–Kier alpha value is -1.68. The van der Waals surface area contributed by atoms with Crippen LogP contribution in [0, 0.1) is 6.92 Å². The summed E-state index contributed by atoms with van der Waals surface area (Å²) in [5.41, 5.74) is 8.18. The van der Waals surface area contributed by atoms with Gasteiger partial charge in [-0.2, -0.15) is 5.10 Å². The van der Waals surface area contributed by atoms with Crippen LogP contribution in [0.15, 0.2) is 30.6 Å². The normalized spacial score (nSPS) is 12.7. The van der Waals surface area contributed by atoms with E-state index in [1.165, 1.54) is 11.1 Å². The van der Waals surface area contributed by atoms with Gasteiger partial charge in [0.1, 0.15) is 6.33 Å². The lowest BCUT2D eigenvalue weighted by molar-refractivity contribution is 0.649. The van der Waals surface area contributed by atoms with Crippen molar-refractivity contribution in [3.63, 3.8) is 0 Å². The van der Waals surface area contributed by atoms with Crippen molar-refractivity contribution in [2.24, 2.45) is 5.73 Å². The monoisotopic (exact) mass is 216 g/mol. The molecule has 0 aliphatic carbocycles. The van der Waals surface area contributed by atoms with Crippen molar-refractivity contribution in [2.45, 2.75) is 26.4 Å². The molecule has 1 aromatic carbocycles. The molecule has 0 fully saturated rings. The zero-order valence-electron chi connectivity index (χ0n) is 9.59. The molecular formula is C12H16N4. The third-order valence-corrected chi connectivity index (χ3v) is 2.39. The lowest BCUT2D eigenvalue weighted by Crippen LogP contribution is -2.08. The molecule has 0 amide bonds. The van der Waals surface area contributed by atoms with E-state index in [1.807, 2.05) is 17.7 Å². The second-order valence-electron chi connectivity index (χ2n) is 4.08. The van der Waals surface area contributed by atoms with Crippen molar-refractivity contribution in [2.75, 3.05) is 0 Å². The fourth-order valence-electron chi connectivity index (χ4n) is 1.59. The summed E-state index contributed by atoms with van der Waals surface area (Å²) in [5, 5.41) is 4.32. The van der Waals surface area contributed by atoms with Gasteiger partial charge in [0.25, 0.3) is 0 Å². The summed E-state index contributed by atoms with van der Waals surface area (Å²) >= 11 is 0. The third kappa shape index (κ3) is 2.46. The Morgan fingerprint density at radius 3 is 2.88 bits per heavy atom. The standard InChI is InChI=1S/C12H16N4/c1-9-4-3-5-11(6-9)7-16-8-14-12(15-16)10(2)13/h3-6,8,10H,7,13H2,1-2H3. The number of hydrogen-bond acceptors (Lipinski definition) is 3. The molecule has 16 heavy (non-hydrogen) atoms. The number of benzene rings is 1. The zero-order chi connectivity index (χ0) is 11.5. The number of rotatable bonds is 3. The Morgan fingerprint density at radius 1 is 1.44 bits per heavy atom. The minimum atomic E-state index is -0.112. The van der Waals surface area contributed by atoms with Gasteiger partial charge in [0, 0.05) is 0 Å². The van der Waals surface area contributed by atoms with Gasteiger partial charge in [-0.25, -0.2) is 9.67 Å². The Kier molecular flexibility index (Phi) is 3.01. The molecule has 0 spiro atoms. The molecule has 1 heterocycles. The number of hydrogen-bond donors (Lipinski definition) is 1. The molecule has 0 radical (unpaired) electrons. The maximum absolute atomic E-state index is 5.71. The first kappa shape index (κ1) is 10.8. The van der Waals surface area contributed by atoms with Gasteiger partial charge in [-0.3, -0.25) is 0 Å². The summed E-state index contributed by atoms with van der Waals surface area (Å²) in [6.07, 6.45) is 1.72. The Morgan fingerprint density at radius 2 is 2.25 bits per heavy atom. The lowest BCUT2D eigenvalue weighted by atomic mass is 10.1. The molecule has 2 N–H and O–H groups in total. The van der Waals surface area contributed by atoms with Crippen LogP contribution in [-0.2, 0) is 6.54 Å². The van der Waals surface area contributed by atoms with Crippen molar-refractivity contribution in [1.82, 2.24) is 14.8 Å². The van der Waals surface area contributed by atoms with Crippen molar-refractivity contribution in [3.05, 3.63) is 47.5 Å². The number of aromatic nitrogens is 3. The first-order valence-electron chi connectivity index (χ1n) is 5.35. The number of aryl methyl sites for hydroxylation is 1. The quantitative estimate of drug-likeness (QED) is 0.848. The van der Waals surface area contributed by atoms with Gasteiger partial charge < -0.3 is 5.73 Å². The zero-order valence-corrected chi connectivity index (χ0v) is 9.59. The fraction of sp³-hybridized carbons (Fsp3) is 0.333. The first-order chi connectivity index (χ1) is 7.65. The summed E-state index contributed by atoms with van der Waals surface area (Å²) in [6.45, 7) is 4.70. The Bertz CT molecular complexity index is 473. The van der Waals surface area contributed by atoms with Gasteiger partial charge in [-0.1, -0.05) is 29.8 Å². The molecule has 0 bridgehead atoms. The van der Waals surface area contributed by atoms with E-state index in [0.29, 0.717) is 5.82 Å². The van der Waals surface area contributed by atoms with Crippen LogP contribution in [0.2, 0.25) is 0 Å². The summed E-state index contributed by atoms with van der Waals surface area (Å²) in [7, 11) is 0. The van der Waals surface area contributed by atoms with Crippen LogP contribution < -0.4 is 5.73 Å². The maximum Gasteiger partial charge on any atom is 0.166 e. The minimum absolute atomic E-state index is 0.112. The summed E-state index contributed by atoms with van der Waals surface area (Å²) < 4.78 is 1.81. The molecule has 0 saturated heterocycles. The van der Waals surface area contributed by atoms with Gasteiger partial charge in [0.2, 0.25) is 0 Å². The SMILES string of the molecule is Cc1cccc(Cn2cnc(C(C)N)n2)c1. The predicted octanol–water partition coefficient (Wildman–Crippen LogP) is 1.65. The average Bonchev–Trinajstić information content (AvgIpc) is 2.66. The van der Waals surface area contributed by atoms with Gasteiger partial charge in [0.05, 0.1) is 12.6 Å². The maximum atomic E-state index is 5.71. The molecule has 2 rings (SSSR count). The summed E-state index contributed by atoms with van der Waals surface area (Å²) in [5.74, 6) is 0.688. The van der Waals surface area contributed by atoms with E-state index in [0.717, 1.165) is 6.54 Å². The van der Waals surface area contributed by atoms with Crippen LogP contribution in [0.25, 0.3) is 0 Å². The minimum Gasteiger partial charge on any atom is -0.321 e. The highest BCUT2D eigenvalue weighted by atomic mass is 15.3. The molecule has 1 unspecified atom stereocenters. The second-order valence-corrected chi connectivity index (χ2v) is 4.08. The van der Waals surface area contributed by atoms with E-state index in [9.17, 15) is 0 Å². The number of nitrogens with two attached hydrogens (primary N) is 1. The highest BCUT2D eigenvalue weighted by Gasteiger charge is 2.05. The van der Waals surface area contributed by atoms with Gasteiger partial charge in [-0.05, 0) is 19.4 Å². The molecule has 2 aromatic rings. The molecule has 4 nitrogen and oxygen atoms in total. The molecule has 4 heteroatoms. The van der Waals surface area contributed by atoms with Gasteiger partial charge in [-0.15, -0.1) is 0 Å². The molecule has 1 aromatic heterocycles. The second kappa shape index (κ2) is 4.45. The van der Waals surface area contributed by atoms with E-state index in [1.54, 1.807) is 6.33 Å². The lowest BCUT2D eigenvalue weighted by Gasteiger charge is -2.02. The van der Waals surface area contributed by atoms with Crippen LogP contribution in [0.5, 0.6) is 0 Å². The van der Waals surface area contributed by atoms with E-state index in [2.05, 4.69) is 35.2 Å². The molecule has 0 aliphatic heterocycles. The van der Waals surface area contributed by atoms with Crippen molar-refractivity contribution < 1.29 is 0 Å². The molecule has 84 valence electrons. The molecule has 1 atom stereocenters. The topological polar surface area (TPSA) is 56.7 Å². The first-order valence-corrected chi connectivity index (χ1v) is 5.35. The van der Waals surface area contributed by atoms with Crippen LogP contribution in [0.3, 0.4) is 0 Å². The van der Waals surface area contributed by atoms with Gasteiger partial charge >= 0.3 is 0 Å². The van der Waals surface area contributed by atoms with Crippen molar-refractivity contribution in [1.29, 1.82) is 0 Å². The molecule has 0 saturated carbocycles. The van der Waals surface area contributed by atoms with Crippen LogP contribution in [0.1, 0.15) is 29.9 Å². The number of nitrogens with zero attached hydrogens (tertiary/aromatic N) is 3. The Labute approximate surface area is 95.1 Å². The summed E-state index contributed by atoms with van der Waals surface area (Å²) in [4.78, 5) is 4.16. The van der Waals surface area contributed by atoms with Crippen LogP contribution in [-0.4, -0.2) is 14.8 Å². The Balaban J connectivity index is 2.14. The highest BCUT2D eigenvalue weighted by molar-refractivity contribution is 5.22. The largest absolute Gasteiger partial charge is 0.321 e.